The summed E-state index contributed by atoms with van der Waals surface area (Å²) in [7, 11) is -4.05. The number of Topliss-reactive ketones (excluding diaryl/α,β-unsaturated/α-hetero) is 1. The Hall–Kier alpha value is -4.25. The number of sulfonamides is 1. The molecule has 1 N–H and O–H groups in total. The lowest BCUT2D eigenvalue weighted by Crippen LogP contribution is -2.49. The first-order valence-electron chi connectivity index (χ1n) is 20.5. The molecule has 2 aliphatic heterocycles. The number of carbonyl (C=O) groups is 4. The summed E-state index contributed by atoms with van der Waals surface area (Å²) in [6, 6.07) is 3.94. The Bertz CT molecular complexity index is 2350. The lowest BCUT2D eigenvalue weighted by molar-refractivity contribution is -0.257. The minimum absolute atomic E-state index is 0.00945. The molecule has 7 atom stereocenters. The molecule has 1 saturated heterocycles. The fourth-order valence-electron chi connectivity index (χ4n) is 8.76. The molecule has 0 bridgehead atoms. The van der Waals surface area contributed by atoms with Crippen molar-refractivity contribution < 1.29 is 50.2 Å². The van der Waals surface area contributed by atoms with E-state index >= 15 is 4.79 Å². The van der Waals surface area contributed by atoms with E-state index in [1.807, 2.05) is 26.0 Å². The summed E-state index contributed by atoms with van der Waals surface area (Å²) in [4.78, 5) is 67.5. The fraction of sp³-hybridized carbons (Fsp3) is 0.619. The summed E-state index contributed by atoms with van der Waals surface area (Å²) in [6.07, 6.45) is 3.32. The summed E-state index contributed by atoms with van der Waals surface area (Å²) in [5.74, 6) is -4.76. The number of fused-ring (bicyclic) bond motifs is 5. The van der Waals surface area contributed by atoms with Gasteiger partial charge < -0.3 is 14.4 Å². The van der Waals surface area contributed by atoms with Crippen LogP contribution < -0.4 is 9.46 Å². The first-order chi connectivity index (χ1) is 28.1. The number of rotatable bonds is 9. The highest BCUT2D eigenvalue weighted by Gasteiger charge is 2.63. The summed E-state index contributed by atoms with van der Waals surface area (Å²) in [5.41, 5.74) is -3.55. The van der Waals surface area contributed by atoms with Crippen LogP contribution >= 0.6 is 11.6 Å². The standard InChI is InChI=1S/C42H51ClF3N5O8S/c1-6-25-17-24(2)9-7-8-10-26-21-41(26,37(55)49-60(56,57)40(5)13-14-40)22-33(52)32-19-28(23-51(32)36(54)29(25)20-34(53)59-39(3,4)42(44,45)46)58-35-30-18-27(43)11-12-31(30)50-16-15-47-38(50)48-35/h8,10-12,15-16,18,24-26,28-29,32H,6-7,9,13-14,17,19-23H2,1-5H3,(H,49,55)/b10-8-/t24-,25-,26-,28-,29+,32+,41-/m1/s1. The van der Waals surface area contributed by atoms with Crippen molar-refractivity contribution in [1.82, 2.24) is 24.0 Å². The van der Waals surface area contributed by atoms with Crippen molar-refractivity contribution in [2.24, 2.45) is 29.1 Å². The molecule has 4 aliphatic rings. The molecule has 2 saturated carbocycles. The number of esters is 1. The number of allylic oxidation sites excluding steroid dienone is 2. The van der Waals surface area contributed by atoms with Crippen LogP contribution in [0.5, 0.6) is 5.88 Å². The van der Waals surface area contributed by atoms with Crippen LogP contribution in [-0.2, 0) is 33.9 Å². The molecule has 2 amide bonds. The van der Waals surface area contributed by atoms with Crippen molar-refractivity contribution in [1.29, 1.82) is 0 Å². The van der Waals surface area contributed by atoms with Crippen LogP contribution in [0, 0.1) is 29.1 Å². The quantitative estimate of drug-likeness (QED) is 0.173. The van der Waals surface area contributed by atoms with Crippen molar-refractivity contribution >= 4 is 61.9 Å². The minimum Gasteiger partial charge on any atom is -0.472 e. The Labute approximate surface area is 351 Å². The van der Waals surface area contributed by atoms with Gasteiger partial charge in [0.25, 0.3) is 0 Å². The van der Waals surface area contributed by atoms with Crippen LogP contribution in [0.15, 0.2) is 42.7 Å². The van der Waals surface area contributed by atoms with Crippen LogP contribution in [0.1, 0.15) is 98.8 Å². The van der Waals surface area contributed by atoms with Crippen molar-refractivity contribution in [3.63, 3.8) is 0 Å². The maximum Gasteiger partial charge on any atom is 0.427 e. The van der Waals surface area contributed by atoms with Gasteiger partial charge in [-0.3, -0.25) is 28.3 Å². The zero-order chi connectivity index (χ0) is 43.6. The lowest BCUT2D eigenvalue weighted by Gasteiger charge is -2.34. The zero-order valence-electron chi connectivity index (χ0n) is 34.3. The zero-order valence-corrected chi connectivity index (χ0v) is 35.8. The highest BCUT2D eigenvalue weighted by atomic mass is 35.5. The van der Waals surface area contributed by atoms with Gasteiger partial charge in [-0.25, -0.2) is 13.4 Å². The Balaban J connectivity index is 1.26. The number of aromatic nitrogens is 3. The molecule has 0 spiro atoms. The molecule has 1 aromatic carbocycles. The second-order valence-corrected chi connectivity index (χ2v) is 20.6. The third-order valence-electron chi connectivity index (χ3n) is 13.1. The Morgan fingerprint density at radius 3 is 2.55 bits per heavy atom. The lowest BCUT2D eigenvalue weighted by atomic mass is 9.79. The molecule has 18 heteroatoms. The second-order valence-electron chi connectivity index (χ2n) is 18.0. The maximum absolute atomic E-state index is 15.1. The molecular weight excluding hydrogens is 827 g/mol. The number of hydrogen-bond donors (Lipinski definition) is 1. The number of carbonyl (C=O) groups excluding carboxylic acids is 4. The van der Waals surface area contributed by atoms with Crippen molar-refractivity contribution in [2.45, 2.75) is 127 Å². The van der Waals surface area contributed by atoms with Crippen LogP contribution in [0.25, 0.3) is 16.7 Å². The monoisotopic (exact) mass is 877 g/mol. The van der Waals surface area contributed by atoms with E-state index in [-0.39, 0.29) is 31.2 Å². The van der Waals surface area contributed by atoms with Gasteiger partial charge in [0.1, 0.15) is 6.10 Å². The predicted octanol–water partition coefficient (Wildman–Crippen LogP) is 7.14. The van der Waals surface area contributed by atoms with Gasteiger partial charge in [0.15, 0.2) is 5.78 Å². The van der Waals surface area contributed by atoms with E-state index < -0.39 is 98.3 Å². The average Bonchev–Trinajstić information content (AvgIpc) is 3.95. The first-order valence-corrected chi connectivity index (χ1v) is 22.4. The van der Waals surface area contributed by atoms with Gasteiger partial charge in [0, 0.05) is 30.3 Å². The van der Waals surface area contributed by atoms with Crippen LogP contribution in [0.2, 0.25) is 5.02 Å². The smallest absolute Gasteiger partial charge is 0.427 e. The Kier molecular flexibility index (Phi) is 11.6. The molecule has 4 heterocycles. The molecule has 60 heavy (non-hydrogen) atoms. The molecule has 326 valence electrons. The molecule has 3 fully saturated rings. The summed E-state index contributed by atoms with van der Waals surface area (Å²) in [6.45, 7) is 6.71. The van der Waals surface area contributed by atoms with Crippen molar-refractivity contribution in [3.05, 3.63) is 47.8 Å². The number of halogens is 4. The summed E-state index contributed by atoms with van der Waals surface area (Å²) < 4.78 is 82.6. The van der Waals surface area contributed by atoms with E-state index in [9.17, 15) is 36.0 Å². The average molecular weight is 878 g/mol. The van der Waals surface area contributed by atoms with E-state index in [0.717, 1.165) is 13.8 Å². The molecular formula is C42H51ClF3N5O8S. The second kappa shape index (κ2) is 15.9. The molecule has 2 aliphatic carbocycles. The largest absolute Gasteiger partial charge is 0.472 e. The fourth-order valence-corrected chi connectivity index (χ4v) is 10.3. The van der Waals surface area contributed by atoms with Gasteiger partial charge in [-0.1, -0.05) is 44.0 Å². The van der Waals surface area contributed by atoms with Gasteiger partial charge in [-0.15, -0.1) is 0 Å². The third-order valence-corrected chi connectivity index (χ3v) is 15.5. The molecule has 3 aromatic rings. The van der Waals surface area contributed by atoms with Crippen LogP contribution in [0.3, 0.4) is 0 Å². The minimum atomic E-state index is -4.88. The number of ether oxygens (including phenoxy) is 2. The highest BCUT2D eigenvalue weighted by molar-refractivity contribution is 7.91. The van der Waals surface area contributed by atoms with Crippen molar-refractivity contribution in [2.75, 3.05) is 6.54 Å². The number of hydrogen-bond acceptors (Lipinski definition) is 10. The van der Waals surface area contributed by atoms with Crippen LogP contribution in [-0.4, -0.2) is 86.5 Å². The summed E-state index contributed by atoms with van der Waals surface area (Å²) in [5, 5.41) is 0.924. The van der Waals surface area contributed by atoms with E-state index in [1.54, 1.807) is 41.9 Å². The maximum atomic E-state index is 15.1. The first kappa shape index (κ1) is 43.8. The number of nitrogens with one attached hydrogen (secondary N) is 1. The number of imidazole rings is 1. The van der Waals surface area contributed by atoms with Gasteiger partial charge in [0.2, 0.25) is 39.1 Å². The topological polar surface area (TPSA) is 166 Å². The normalized spacial score (nSPS) is 29.2. The van der Waals surface area contributed by atoms with Gasteiger partial charge >= 0.3 is 12.1 Å². The SMILES string of the molecule is CC[C@@H]1C[C@H](C)CC/C=C\[C@@H]2C[C@@]2(C(=O)NS(=O)(=O)C2(C)CC2)CC(=O)[C@@H]2C[C@@H](Oc3nc4nccn4c4ccc(Cl)cc34)CN2C(=O)[C@H]1CC(=O)OC(C)(C)C(F)(F)F. The Morgan fingerprint density at radius 1 is 1.13 bits per heavy atom. The number of amides is 2. The van der Waals surface area contributed by atoms with E-state index in [4.69, 9.17) is 21.1 Å². The third kappa shape index (κ3) is 8.49. The van der Waals surface area contributed by atoms with Gasteiger partial charge in [0.05, 0.1) is 46.0 Å². The predicted molar refractivity (Wildman–Crippen MR) is 215 cm³/mol. The Morgan fingerprint density at radius 2 is 1.87 bits per heavy atom. The summed E-state index contributed by atoms with van der Waals surface area (Å²) >= 11 is 6.40. The molecule has 0 unspecified atom stereocenters. The number of ketones is 1. The van der Waals surface area contributed by atoms with E-state index in [2.05, 4.69) is 14.7 Å². The van der Waals surface area contributed by atoms with E-state index in [1.165, 1.54) is 4.90 Å². The number of benzene rings is 1. The molecule has 7 rings (SSSR count). The van der Waals surface area contributed by atoms with Crippen molar-refractivity contribution in [3.8, 4) is 5.88 Å². The highest BCUT2D eigenvalue weighted by Crippen LogP contribution is 2.58. The van der Waals surface area contributed by atoms with Crippen LogP contribution in [0.4, 0.5) is 13.2 Å². The molecule has 0 radical (unpaired) electrons. The van der Waals surface area contributed by atoms with E-state index in [0.29, 0.717) is 60.2 Å². The molecule has 2 aromatic heterocycles. The number of nitrogens with zero attached hydrogens (tertiary/aromatic N) is 4. The van der Waals surface area contributed by atoms with Gasteiger partial charge in [-0.05, 0) is 95.2 Å². The van der Waals surface area contributed by atoms with Gasteiger partial charge in [-0.2, -0.15) is 18.2 Å². The molecule has 13 nitrogen and oxygen atoms in total. The number of alkyl halides is 3.